The van der Waals surface area contributed by atoms with Crippen LogP contribution < -0.4 is 4.74 Å². The van der Waals surface area contributed by atoms with E-state index >= 15 is 0 Å². The molecule has 1 aromatic carbocycles. The van der Waals surface area contributed by atoms with Crippen LogP contribution in [-0.2, 0) is 14.3 Å². The van der Waals surface area contributed by atoms with E-state index in [0.29, 0.717) is 37.1 Å². The molecular weight excluding hydrogens is 412 g/mol. The van der Waals surface area contributed by atoms with Gasteiger partial charge in [0.15, 0.2) is 0 Å². The monoisotopic (exact) mass is 446 g/mol. The first-order valence-corrected chi connectivity index (χ1v) is 12.5. The summed E-state index contributed by atoms with van der Waals surface area (Å²) in [6.07, 6.45) is 8.44. The zero-order valence-electron chi connectivity index (χ0n) is 19.8. The normalized spacial score (nSPS) is 38.0. The van der Waals surface area contributed by atoms with Crippen molar-refractivity contribution in [1.29, 1.82) is 0 Å². The molecular formula is C29H34O4. The number of benzene rings is 1. The van der Waals surface area contributed by atoms with Crippen molar-refractivity contribution in [2.75, 3.05) is 20.3 Å². The van der Waals surface area contributed by atoms with Crippen LogP contribution in [0.4, 0.5) is 0 Å². The van der Waals surface area contributed by atoms with Gasteiger partial charge in [-0.2, -0.15) is 0 Å². The van der Waals surface area contributed by atoms with Crippen LogP contribution in [0.5, 0.6) is 5.75 Å². The zero-order valence-corrected chi connectivity index (χ0v) is 19.8. The van der Waals surface area contributed by atoms with Crippen molar-refractivity contribution in [2.45, 2.75) is 63.6 Å². The Balaban J connectivity index is 1.49. The maximum absolute atomic E-state index is 12.3. The van der Waals surface area contributed by atoms with Crippen LogP contribution in [0.2, 0.25) is 0 Å². The predicted octanol–water partition coefficient (Wildman–Crippen LogP) is 5.89. The summed E-state index contributed by atoms with van der Waals surface area (Å²) in [7, 11) is 1.70. The molecule has 5 aliphatic rings. The molecule has 1 spiro atoms. The quantitative estimate of drug-likeness (QED) is 0.531. The number of allylic oxidation sites excluding steroid dienone is 3. The minimum atomic E-state index is -0.269. The first-order valence-electron chi connectivity index (χ1n) is 12.5. The molecule has 0 radical (unpaired) electrons. The number of Topliss-reactive ketones (excluding diaryl/α,β-unsaturated/α-hetero) is 1. The second kappa shape index (κ2) is 7.68. The highest BCUT2D eigenvalue weighted by atomic mass is 16.5. The first kappa shape index (κ1) is 21.4. The molecule has 0 amide bonds. The number of carbonyl (C=O) groups excluding carboxylic acids is 1. The molecule has 0 bridgehead atoms. The molecule has 2 saturated heterocycles. The van der Waals surface area contributed by atoms with Gasteiger partial charge < -0.3 is 14.2 Å². The average molecular weight is 447 g/mol. The number of hydrogen-bond acceptors (Lipinski definition) is 4. The number of ether oxygens (including phenoxy) is 3. The van der Waals surface area contributed by atoms with Gasteiger partial charge in [0, 0.05) is 18.3 Å². The average Bonchev–Trinajstić information content (AvgIpc) is 3.30. The lowest BCUT2D eigenvalue weighted by Crippen LogP contribution is -2.49. The number of rotatable bonds is 2. The first-order chi connectivity index (χ1) is 16.0. The summed E-state index contributed by atoms with van der Waals surface area (Å²) in [5.41, 5.74) is 6.12. The number of carbonyl (C=O) groups is 1. The fourth-order valence-electron chi connectivity index (χ4n) is 7.71. The van der Waals surface area contributed by atoms with Crippen LogP contribution in [0.3, 0.4) is 0 Å². The SMILES string of the molecule is C=C1CCOC12CCC1C3CC=C4CC(=O)CCC4=C3[C@@H](c3ccc(OC)cc3)OC[C@@]12C. The number of ketones is 1. The molecule has 4 heteroatoms. The standard InChI is InChI=1S/C29H34O4/c1-18-13-15-33-29(18)14-12-25-24-10-6-20-16-21(30)7-11-23(20)26(24)27(32-17-28(25,29)2)19-4-8-22(31-3)9-5-19/h4-6,8-9,24-25,27H,1,7,10-17H2,2-3H3/t24?,25?,27-,28+,29?/m1/s1. The molecule has 1 aromatic rings. The van der Waals surface area contributed by atoms with E-state index in [4.69, 9.17) is 14.2 Å². The predicted molar refractivity (Wildman–Crippen MR) is 127 cm³/mol. The highest BCUT2D eigenvalue weighted by Gasteiger charge is 2.64. The lowest BCUT2D eigenvalue weighted by molar-refractivity contribution is -0.118. The van der Waals surface area contributed by atoms with Gasteiger partial charge in [0.25, 0.3) is 0 Å². The lowest BCUT2D eigenvalue weighted by Gasteiger charge is -2.45. The van der Waals surface area contributed by atoms with E-state index < -0.39 is 0 Å². The highest BCUT2D eigenvalue weighted by Crippen LogP contribution is 2.65. The molecule has 0 N–H and O–H groups in total. The minimum Gasteiger partial charge on any atom is -0.497 e. The van der Waals surface area contributed by atoms with Crippen molar-refractivity contribution < 1.29 is 19.0 Å². The molecule has 2 heterocycles. The Kier molecular flexibility index (Phi) is 4.97. The number of methoxy groups -OCH3 is 1. The zero-order chi connectivity index (χ0) is 22.8. The maximum atomic E-state index is 12.3. The summed E-state index contributed by atoms with van der Waals surface area (Å²) in [6.45, 7) is 8.30. The number of hydrogen-bond donors (Lipinski definition) is 0. The van der Waals surface area contributed by atoms with Gasteiger partial charge >= 0.3 is 0 Å². The van der Waals surface area contributed by atoms with Crippen molar-refractivity contribution >= 4 is 5.78 Å². The van der Waals surface area contributed by atoms with Crippen LogP contribution >= 0.6 is 0 Å². The van der Waals surface area contributed by atoms with Gasteiger partial charge in [0.05, 0.1) is 25.9 Å². The van der Waals surface area contributed by atoms with E-state index in [1.165, 1.54) is 27.9 Å². The van der Waals surface area contributed by atoms with Crippen molar-refractivity contribution in [3.05, 3.63) is 64.8 Å². The van der Waals surface area contributed by atoms with Gasteiger partial charge in [0.1, 0.15) is 17.6 Å². The Morgan fingerprint density at radius 3 is 2.70 bits per heavy atom. The van der Waals surface area contributed by atoms with Gasteiger partial charge in [0.2, 0.25) is 0 Å². The third kappa shape index (κ3) is 2.99. The molecule has 2 saturated carbocycles. The molecule has 3 unspecified atom stereocenters. The summed E-state index contributed by atoms with van der Waals surface area (Å²) in [5, 5.41) is 0. The van der Waals surface area contributed by atoms with Gasteiger partial charge in [-0.1, -0.05) is 31.7 Å². The Morgan fingerprint density at radius 2 is 1.97 bits per heavy atom. The van der Waals surface area contributed by atoms with Crippen LogP contribution in [0.25, 0.3) is 0 Å². The molecule has 5 atom stereocenters. The van der Waals surface area contributed by atoms with Crippen LogP contribution in [0.15, 0.2) is 59.2 Å². The summed E-state index contributed by atoms with van der Waals surface area (Å²) >= 11 is 0. The van der Waals surface area contributed by atoms with Gasteiger partial charge in [-0.15, -0.1) is 0 Å². The fourth-order valence-corrected chi connectivity index (χ4v) is 7.71. The van der Waals surface area contributed by atoms with Gasteiger partial charge in [-0.05, 0) is 83.9 Å². The molecule has 33 heavy (non-hydrogen) atoms. The Labute approximate surface area is 196 Å². The van der Waals surface area contributed by atoms with E-state index in [-0.39, 0.29) is 17.1 Å². The second-order valence-corrected chi connectivity index (χ2v) is 10.8. The number of fused-ring (bicyclic) bond motifs is 5. The molecule has 4 fully saturated rings. The summed E-state index contributed by atoms with van der Waals surface area (Å²) in [5.74, 6) is 2.11. The third-order valence-electron chi connectivity index (χ3n) is 9.40. The van der Waals surface area contributed by atoms with Crippen LogP contribution in [-0.4, -0.2) is 31.7 Å². The summed E-state index contributed by atoms with van der Waals surface area (Å²) in [4.78, 5) is 12.3. The van der Waals surface area contributed by atoms with E-state index in [0.717, 1.165) is 44.5 Å². The molecule has 4 nitrogen and oxygen atoms in total. The minimum absolute atomic E-state index is 0.0954. The van der Waals surface area contributed by atoms with Crippen LogP contribution in [0, 0.1) is 17.3 Å². The Bertz CT molecular complexity index is 1060. The second-order valence-electron chi connectivity index (χ2n) is 10.8. The molecule has 174 valence electrons. The summed E-state index contributed by atoms with van der Waals surface area (Å²) < 4.78 is 18.9. The van der Waals surface area contributed by atoms with Gasteiger partial charge in [-0.3, -0.25) is 4.79 Å². The van der Waals surface area contributed by atoms with Crippen molar-refractivity contribution in [3.63, 3.8) is 0 Å². The van der Waals surface area contributed by atoms with Crippen LogP contribution in [0.1, 0.15) is 63.5 Å². The molecule has 0 aromatic heterocycles. The lowest BCUT2D eigenvalue weighted by atomic mass is 9.61. The smallest absolute Gasteiger partial charge is 0.137 e. The van der Waals surface area contributed by atoms with E-state index in [1.54, 1.807) is 7.11 Å². The summed E-state index contributed by atoms with van der Waals surface area (Å²) in [6, 6.07) is 8.34. The fraction of sp³-hybridized carbons (Fsp3) is 0.552. The van der Waals surface area contributed by atoms with Crippen molar-refractivity contribution in [2.24, 2.45) is 17.3 Å². The Hall–Kier alpha value is -2.17. The molecule has 3 aliphatic carbocycles. The van der Waals surface area contributed by atoms with E-state index in [9.17, 15) is 4.79 Å². The van der Waals surface area contributed by atoms with Gasteiger partial charge in [-0.25, -0.2) is 0 Å². The topological polar surface area (TPSA) is 44.8 Å². The van der Waals surface area contributed by atoms with Crippen molar-refractivity contribution in [3.8, 4) is 5.75 Å². The molecule has 6 rings (SSSR count). The van der Waals surface area contributed by atoms with Crippen molar-refractivity contribution in [1.82, 2.24) is 0 Å². The third-order valence-corrected chi connectivity index (χ3v) is 9.40. The molecule has 2 aliphatic heterocycles. The Morgan fingerprint density at radius 1 is 1.15 bits per heavy atom. The maximum Gasteiger partial charge on any atom is 0.137 e. The van der Waals surface area contributed by atoms with E-state index in [2.05, 4.69) is 31.7 Å². The highest BCUT2D eigenvalue weighted by molar-refractivity contribution is 5.84. The largest absolute Gasteiger partial charge is 0.497 e. The van der Waals surface area contributed by atoms with E-state index in [1.807, 2.05) is 12.1 Å².